The number of rotatable bonds is 4. The molecule has 1 saturated heterocycles. The number of nitrogens with zero attached hydrogens (tertiary/aromatic N) is 1. The van der Waals surface area contributed by atoms with Crippen LogP contribution in [-0.4, -0.2) is 37.0 Å². The van der Waals surface area contributed by atoms with Gasteiger partial charge in [-0.3, -0.25) is 4.79 Å². The summed E-state index contributed by atoms with van der Waals surface area (Å²) in [4.78, 5) is 14.4. The molecular formula is C15H21N2O. The number of likely N-dealkylation sites (tertiary alicyclic amines) is 1. The molecule has 18 heavy (non-hydrogen) atoms. The van der Waals surface area contributed by atoms with Crippen LogP contribution in [0, 0.1) is 13.0 Å². The summed E-state index contributed by atoms with van der Waals surface area (Å²) in [5, 5.41) is 2.99. The first-order valence-corrected chi connectivity index (χ1v) is 6.74. The third-order valence-electron chi connectivity index (χ3n) is 3.48. The molecule has 1 amide bonds. The average molecular weight is 245 g/mol. The smallest absolute Gasteiger partial charge is 0.251 e. The Hall–Kier alpha value is -1.35. The van der Waals surface area contributed by atoms with Crippen LogP contribution in [0.1, 0.15) is 35.2 Å². The van der Waals surface area contributed by atoms with Crippen molar-refractivity contribution in [3.63, 3.8) is 0 Å². The molecule has 1 fully saturated rings. The highest BCUT2D eigenvalue weighted by atomic mass is 16.1. The second kappa shape index (κ2) is 6.55. The van der Waals surface area contributed by atoms with E-state index < -0.39 is 0 Å². The Morgan fingerprint density at radius 3 is 2.89 bits per heavy atom. The molecule has 0 bridgehead atoms. The Kier molecular flexibility index (Phi) is 4.76. The number of aryl methyl sites for hydroxylation is 1. The Labute approximate surface area is 109 Å². The molecule has 1 aromatic rings. The monoisotopic (exact) mass is 245 g/mol. The van der Waals surface area contributed by atoms with Crippen molar-refractivity contribution in [1.29, 1.82) is 0 Å². The summed E-state index contributed by atoms with van der Waals surface area (Å²) >= 11 is 0. The van der Waals surface area contributed by atoms with Crippen LogP contribution in [0.2, 0.25) is 0 Å². The lowest BCUT2D eigenvalue weighted by molar-refractivity contribution is 0.0946. The van der Waals surface area contributed by atoms with E-state index in [2.05, 4.69) is 16.3 Å². The fourth-order valence-corrected chi connectivity index (χ4v) is 2.37. The lowest BCUT2D eigenvalue weighted by Gasteiger charge is -2.26. The number of hydrogen-bond donors (Lipinski definition) is 1. The standard InChI is InChI=1S/C15H21N2O/c1-13-7-3-4-8-14(13)15(18)16-9-12-17-10-5-2-6-11-17/h4,7-8H,2,5-6,9-12H2,1H3,(H,16,18). The van der Waals surface area contributed by atoms with Crippen LogP contribution in [-0.2, 0) is 0 Å². The van der Waals surface area contributed by atoms with Crippen molar-refractivity contribution < 1.29 is 4.79 Å². The molecule has 0 spiro atoms. The van der Waals surface area contributed by atoms with Gasteiger partial charge in [-0.05, 0) is 50.6 Å². The van der Waals surface area contributed by atoms with E-state index in [-0.39, 0.29) is 5.91 Å². The van der Waals surface area contributed by atoms with Crippen molar-refractivity contribution in [1.82, 2.24) is 10.2 Å². The number of carbonyl (C=O) groups excluding carboxylic acids is 1. The molecule has 1 aliphatic rings. The number of hydrogen-bond acceptors (Lipinski definition) is 2. The topological polar surface area (TPSA) is 32.3 Å². The van der Waals surface area contributed by atoms with Crippen molar-refractivity contribution in [2.45, 2.75) is 26.2 Å². The van der Waals surface area contributed by atoms with Gasteiger partial charge in [-0.25, -0.2) is 0 Å². The molecule has 0 aromatic heterocycles. The number of amides is 1. The van der Waals surface area contributed by atoms with E-state index in [0.717, 1.165) is 24.2 Å². The summed E-state index contributed by atoms with van der Waals surface area (Å²) in [5.74, 6) is 0.0264. The van der Waals surface area contributed by atoms with Gasteiger partial charge in [-0.2, -0.15) is 0 Å². The van der Waals surface area contributed by atoms with E-state index in [0.29, 0.717) is 0 Å². The summed E-state index contributed by atoms with van der Waals surface area (Å²) < 4.78 is 0. The van der Waals surface area contributed by atoms with E-state index in [9.17, 15) is 4.79 Å². The molecule has 3 nitrogen and oxygen atoms in total. The molecule has 0 unspecified atom stereocenters. The van der Waals surface area contributed by atoms with Gasteiger partial charge in [-0.1, -0.05) is 18.6 Å². The van der Waals surface area contributed by atoms with E-state index >= 15 is 0 Å². The molecule has 1 radical (unpaired) electrons. The highest BCUT2D eigenvalue weighted by Crippen LogP contribution is 2.08. The molecule has 0 atom stereocenters. The fraction of sp³-hybridized carbons (Fsp3) is 0.533. The van der Waals surface area contributed by atoms with Crippen molar-refractivity contribution in [3.8, 4) is 0 Å². The first kappa shape index (κ1) is 13.1. The van der Waals surface area contributed by atoms with Gasteiger partial charge in [-0.15, -0.1) is 0 Å². The molecule has 1 aliphatic heterocycles. The third-order valence-corrected chi connectivity index (χ3v) is 3.48. The molecular weight excluding hydrogens is 224 g/mol. The van der Waals surface area contributed by atoms with Crippen LogP contribution in [0.25, 0.3) is 0 Å². The van der Waals surface area contributed by atoms with Crippen molar-refractivity contribution in [2.75, 3.05) is 26.2 Å². The summed E-state index contributed by atoms with van der Waals surface area (Å²) in [6, 6.07) is 8.43. The second-order valence-corrected chi connectivity index (χ2v) is 4.90. The SMILES string of the molecule is Cc1c[c]ccc1C(=O)NCCN1CCCCC1. The van der Waals surface area contributed by atoms with Gasteiger partial charge >= 0.3 is 0 Å². The van der Waals surface area contributed by atoms with E-state index in [1.54, 1.807) is 6.07 Å². The first-order chi connectivity index (χ1) is 8.77. The lowest BCUT2D eigenvalue weighted by atomic mass is 10.1. The minimum Gasteiger partial charge on any atom is -0.351 e. The van der Waals surface area contributed by atoms with Gasteiger partial charge in [0, 0.05) is 18.7 Å². The quantitative estimate of drug-likeness (QED) is 0.880. The zero-order chi connectivity index (χ0) is 12.8. The number of nitrogens with one attached hydrogen (secondary N) is 1. The largest absolute Gasteiger partial charge is 0.351 e. The van der Waals surface area contributed by atoms with Gasteiger partial charge in [0.15, 0.2) is 0 Å². The molecule has 3 heteroatoms. The summed E-state index contributed by atoms with van der Waals surface area (Å²) in [5.41, 5.74) is 1.74. The van der Waals surface area contributed by atoms with Crippen molar-refractivity contribution in [3.05, 3.63) is 35.4 Å². The van der Waals surface area contributed by atoms with Crippen LogP contribution in [0.3, 0.4) is 0 Å². The Morgan fingerprint density at radius 1 is 1.39 bits per heavy atom. The summed E-state index contributed by atoms with van der Waals surface area (Å²) in [7, 11) is 0. The van der Waals surface area contributed by atoms with Crippen LogP contribution < -0.4 is 5.32 Å². The highest BCUT2D eigenvalue weighted by Gasteiger charge is 2.11. The Morgan fingerprint density at radius 2 is 2.17 bits per heavy atom. The Balaban J connectivity index is 1.76. The van der Waals surface area contributed by atoms with E-state index in [4.69, 9.17) is 0 Å². The first-order valence-electron chi connectivity index (χ1n) is 6.74. The predicted octanol–water partition coefficient (Wildman–Crippen LogP) is 2.01. The zero-order valence-corrected chi connectivity index (χ0v) is 11.0. The van der Waals surface area contributed by atoms with Gasteiger partial charge in [0.2, 0.25) is 0 Å². The molecule has 0 aliphatic carbocycles. The van der Waals surface area contributed by atoms with Crippen LogP contribution in [0.5, 0.6) is 0 Å². The number of piperidine rings is 1. The second-order valence-electron chi connectivity index (χ2n) is 4.90. The van der Waals surface area contributed by atoms with E-state index in [1.165, 1.54) is 32.4 Å². The predicted molar refractivity (Wildman–Crippen MR) is 72.6 cm³/mol. The van der Waals surface area contributed by atoms with Gasteiger partial charge in [0.1, 0.15) is 0 Å². The molecule has 97 valence electrons. The lowest BCUT2D eigenvalue weighted by Crippen LogP contribution is -2.37. The zero-order valence-electron chi connectivity index (χ0n) is 11.0. The van der Waals surface area contributed by atoms with Crippen LogP contribution >= 0.6 is 0 Å². The maximum absolute atomic E-state index is 12.0. The van der Waals surface area contributed by atoms with Gasteiger partial charge in [0.05, 0.1) is 0 Å². The minimum atomic E-state index is 0.0264. The fourth-order valence-electron chi connectivity index (χ4n) is 2.37. The molecule has 2 rings (SSSR count). The number of benzene rings is 1. The molecule has 1 N–H and O–H groups in total. The van der Waals surface area contributed by atoms with Crippen molar-refractivity contribution >= 4 is 5.91 Å². The van der Waals surface area contributed by atoms with Crippen molar-refractivity contribution in [2.24, 2.45) is 0 Å². The average Bonchev–Trinajstić information content (AvgIpc) is 2.40. The maximum atomic E-state index is 12.0. The van der Waals surface area contributed by atoms with Gasteiger partial charge < -0.3 is 10.2 Å². The summed E-state index contributed by atoms with van der Waals surface area (Å²) in [6.07, 6.45) is 3.94. The molecule has 1 aromatic carbocycles. The van der Waals surface area contributed by atoms with Gasteiger partial charge in [0.25, 0.3) is 5.91 Å². The Bertz CT molecular complexity index is 397. The van der Waals surface area contributed by atoms with E-state index in [1.807, 2.05) is 19.1 Å². The number of carbonyl (C=O) groups is 1. The maximum Gasteiger partial charge on any atom is 0.251 e. The third kappa shape index (κ3) is 3.57. The van der Waals surface area contributed by atoms with Crippen LogP contribution in [0.15, 0.2) is 18.2 Å². The minimum absolute atomic E-state index is 0.0264. The highest BCUT2D eigenvalue weighted by molar-refractivity contribution is 5.95. The van der Waals surface area contributed by atoms with Crippen LogP contribution in [0.4, 0.5) is 0 Å². The molecule has 1 heterocycles. The summed E-state index contributed by atoms with van der Waals surface area (Å²) in [6.45, 7) is 5.99. The molecule has 0 saturated carbocycles. The normalized spacial score (nSPS) is 16.5.